The molecule has 0 heterocycles. The van der Waals surface area contributed by atoms with E-state index < -0.39 is 0 Å². The van der Waals surface area contributed by atoms with Gasteiger partial charge in [0.1, 0.15) is 5.78 Å². The van der Waals surface area contributed by atoms with E-state index >= 15 is 0 Å². The summed E-state index contributed by atoms with van der Waals surface area (Å²) in [7, 11) is 1.73. The van der Waals surface area contributed by atoms with Gasteiger partial charge >= 0.3 is 0 Å². The lowest BCUT2D eigenvalue weighted by molar-refractivity contribution is -0.132. The molecule has 82 valence electrons. The average molecular weight is 198 g/mol. The van der Waals surface area contributed by atoms with Crippen molar-refractivity contribution < 1.29 is 9.53 Å². The number of Topliss-reactive ketones (excluding diaryl/α,β-unsaturated/α-hetero) is 1. The molecule has 0 aliphatic heterocycles. The van der Waals surface area contributed by atoms with Gasteiger partial charge in [0.25, 0.3) is 0 Å². The highest BCUT2D eigenvalue weighted by atomic mass is 16.5. The third kappa shape index (κ3) is 3.09. The quantitative estimate of drug-likeness (QED) is 0.656. The molecule has 0 aromatic carbocycles. The van der Waals surface area contributed by atoms with Crippen molar-refractivity contribution in [1.82, 2.24) is 0 Å². The fraction of sp³-hybridized carbons (Fsp3) is 0.917. The van der Waals surface area contributed by atoms with Crippen molar-refractivity contribution in [2.45, 2.75) is 58.0 Å². The van der Waals surface area contributed by atoms with E-state index in [1.54, 1.807) is 7.11 Å². The van der Waals surface area contributed by atoms with Gasteiger partial charge < -0.3 is 4.74 Å². The summed E-state index contributed by atoms with van der Waals surface area (Å²) in [5, 5.41) is 0. The van der Waals surface area contributed by atoms with E-state index in [9.17, 15) is 4.79 Å². The fourth-order valence-corrected chi connectivity index (χ4v) is 1.92. The normalized spacial score (nSPS) is 19.4. The van der Waals surface area contributed by atoms with Gasteiger partial charge in [-0.1, -0.05) is 13.8 Å². The number of hydrogen-bond acceptors (Lipinski definition) is 2. The summed E-state index contributed by atoms with van der Waals surface area (Å²) >= 11 is 0. The molecule has 0 atom stereocenters. The Morgan fingerprint density at radius 3 is 2.43 bits per heavy atom. The molecule has 0 bridgehead atoms. The summed E-state index contributed by atoms with van der Waals surface area (Å²) in [6.07, 6.45) is 5.72. The lowest BCUT2D eigenvalue weighted by Gasteiger charge is -2.40. The van der Waals surface area contributed by atoms with Gasteiger partial charge in [0.15, 0.2) is 0 Å². The molecule has 2 heteroatoms. The molecule has 0 aromatic heterocycles. The van der Waals surface area contributed by atoms with Crippen LogP contribution in [0.1, 0.15) is 52.4 Å². The van der Waals surface area contributed by atoms with Crippen molar-refractivity contribution in [3.63, 3.8) is 0 Å². The highest BCUT2D eigenvalue weighted by molar-refractivity contribution is 5.79. The molecule has 1 aliphatic rings. The first-order valence-corrected chi connectivity index (χ1v) is 5.65. The van der Waals surface area contributed by atoms with Gasteiger partial charge in [-0.2, -0.15) is 0 Å². The molecule has 2 nitrogen and oxygen atoms in total. The zero-order chi connectivity index (χ0) is 10.6. The third-order valence-corrected chi connectivity index (χ3v) is 3.22. The van der Waals surface area contributed by atoms with E-state index in [1.165, 1.54) is 6.42 Å². The predicted octanol–water partition coefficient (Wildman–Crippen LogP) is 2.95. The first-order chi connectivity index (χ1) is 6.58. The predicted molar refractivity (Wildman–Crippen MR) is 57.3 cm³/mol. The molecule has 1 aliphatic carbocycles. The number of rotatable bonds is 6. The second kappa shape index (κ2) is 4.92. The molecule has 1 fully saturated rings. The topological polar surface area (TPSA) is 26.3 Å². The monoisotopic (exact) mass is 198 g/mol. The van der Waals surface area contributed by atoms with Crippen LogP contribution in [0.15, 0.2) is 0 Å². The molecule has 0 spiro atoms. The largest absolute Gasteiger partial charge is 0.378 e. The van der Waals surface area contributed by atoms with Crippen molar-refractivity contribution in [3.8, 4) is 0 Å². The van der Waals surface area contributed by atoms with E-state index in [1.807, 2.05) is 0 Å². The summed E-state index contributed by atoms with van der Waals surface area (Å²) in [4.78, 5) is 11.6. The Balaban J connectivity index is 2.25. The van der Waals surface area contributed by atoms with E-state index in [0.717, 1.165) is 25.7 Å². The summed E-state index contributed by atoms with van der Waals surface area (Å²) in [6.45, 7) is 4.31. The Hall–Kier alpha value is -0.370. The Morgan fingerprint density at radius 1 is 1.43 bits per heavy atom. The van der Waals surface area contributed by atoms with Crippen LogP contribution in [0, 0.1) is 5.92 Å². The molecule has 1 saturated carbocycles. The molecule has 0 radical (unpaired) electrons. The highest BCUT2D eigenvalue weighted by Crippen LogP contribution is 2.38. The minimum absolute atomic E-state index is 0.0753. The first kappa shape index (κ1) is 11.7. The Labute approximate surface area is 87.0 Å². The van der Waals surface area contributed by atoms with E-state index in [0.29, 0.717) is 18.1 Å². The number of ketones is 1. The van der Waals surface area contributed by atoms with E-state index in [4.69, 9.17) is 4.74 Å². The first-order valence-electron chi connectivity index (χ1n) is 5.65. The van der Waals surface area contributed by atoms with Crippen LogP contribution in [0.5, 0.6) is 0 Å². The van der Waals surface area contributed by atoms with Crippen molar-refractivity contribution in [2.75, 3.05) is 7.11 Å². The van der Waals surface area contributed by atoms with Gasteiger partial charge in [-0.25, -0.2) is 0 Å². The second-order valence-corrected chi connectivity index (χ2v) is 4.89. The molecule has 0 N–H and O–H groups in total. The summed E-state index contributed by atoms with van der Waals surface area (Å²) in [5.41, 5.74) is -0.0753. The molecule has 0 saturated heterocycles. The van der Waals surface area contributed by atoms with Gasteiger partial charge in [-0.3, -0.25) is 4.79 Å². The molecule has 14 heavy (non-hydrogen) atoms. The average Bonchev–Trinajstić information content (AvgIpc) is 2.08. The summed E-state index contributed by atoms with van der Waals surface area (Å²) in [6, 6.07) is 0. The van der Waals surface area contributed by atoms with Crippen molar-refractivity contribution in [3.05, 3.63) is 0 Å². The van der Waals surface area contributed by atoms with Gasteiger partial charge in [0.2, 0.25) is 0 Å². The minimum Gasteiger partial charge on any atom is -0.378 e. The van der Waals surface area contributed by atoms with Crippen LogP contribution in [-0.4, -0.2) is 18.5 Å². The standard InChI is InChI=1S/C12H22O2/c1-10(2)5-6-11(13)9-12(14-3)7-4-8-12/h10H,4-9H2,1-3H3. The number of methoxy groups -OCH3 is 1. The lowest BCUT2D eigenvalue weighted by atomic mass is 9.76. The van der Waals surface area contributed by atoms with Gasteiger partial charge in [0.05, 0.1) is 5.60 Å². The maximum Gasteiger partial charge on any atom is 0.135 e. The SMILES string of the molecule is COC1(CC(=O)CCC(C)C)CCC1. The van der Waals surface area contributed by atoms with Crippen LogP contribution in [0.2, 0.25) is 0 Å². The smallest absolute Gasteiger partial charge is 0.135 e. The van der Waals surface area contributed by atoms with Gasteiger partial charge in [-0.05, 0) is 31.6 Å². The van der Waals surface area contributed by atoms with Crippen molar-refractivity contribution in [1.29, 1.82) is 0 Å². The molecule has 0 aromatic rings. The lowest BCUT2D eigenvalue weighted by Crippen LogP contribution is -2.41. The molecular formula is C12H22O2. The highest BCUT2D eigenvalue weighted by Gasteiger charge is 2.38. The zero-order valence-corrected chi connectivity index (χ0v) is 9.64. The van der Waals surface area contributed by atoms with Crippen molar-refractivity contribution in [2.24, 2.45) is 5.92 Å². The molecule has 0 amide bonds. The van der Waals surface area contributed by atoms with Crippen LogP contribution in [-0.2, 0) is 9.53 Å². The van der Waals surface area contributed by atoms with Crippen LogP contribution in [0.25, 0.3) is 0 Å². The second-order valence-electron chi connectivity index (χ2n) is 4.89. The number of ether oxygens (including phenoxy) is 1. The third-order valence-electron chi connectivity index (χ3n) is 3.22. The van der Waals surface area contributed by atoms with Gasteiger partial charge in [-0.15, -0.1) is 0 Å². The number of carbonyl (C=O) groups is 1. The van der Waals surface area contributed by atoms with Crippen LogP contribution < -0.4 is 0 Å². The summed E-state index contributed by atoms with van der Waals surface area (Å²) < 4.78 is 5.43. The Kier molecular flexibility index (Phi) is 4.11. The fourth-order valence-electron chi connectivity index (χ4n) is 1.92. The number of carbonyl (C=O) groups excluding carboxylic acids is 1. The maximum atomic E-state index is 11.6. The van der Waals surface area contributed by atoms with Crippen LogP contribution >= 0.6 is 0 Å². The Morgan fingerprint density at radius 2 is 2.07 bits per heavy atom. The molecule has 0 unspecified atom stereocenters. The van der Waals surface area contributed by atoms with E-state index in [2.05, 4.69) is 13.8 Å². The van der Waals surface area contributed by atoms with E-state index in [-0.39, 0.29) is 5.60 Å². The molecule has 1 rings (SSSR count). The molecular weight excluding hydrogens is 176 g/mol. The van der Waals surface area contributed by atoms with Crippen LogP contribution in [0.3, 0.4) is 0 Å². The van der Waals surface area contributed by atoms with Crippen LogP contribution in [0.4, 0.5) is 0 Å². The minimum atomic E-state index is -0.0753. The summed E-state index contributed by atoms with van der Waals surface area (Å²) in [5.74, 6) is 0.999. The van der Waals surface area contributed by atoms with Gasteiger partial charge in [0, 0.05) is 20.0 Å². The Bertz CT molecular complexity index is 187. The maximum absolute atomic E-state index is 11.6. The van der Waals surface area contributed by atoms with Crippen molar-refractivity contribution >= 4 is 5.78 Å². The number of hydrogen-bond donors (Lipinski definition) is 0. The zero-order valence-electron chi connectivity index (χ0n) is 9.64.